The van der Waals surface area contributed by atoms with E-state index in [1.165, 1.54) is 0 Å². The minimum Gasteiger partial charge on any atom is -0.482 e. The summed E-state index contributed by atoms with van der Waals surface area (Å²) < 4.78 is 60.6. The van der Waals surface area contributed by atoms with Gasteiger partial charge in [0.2, 0.25) is 0 Å². The Morgan fingerprint density at radius 3 is 2.33 bits per heavy atom. The Morgan fingerprint density at radius 1 is 1.13 bits per heavy atom. The Balaban J connectivity index is 1.94. The number of carbonyl (C=O) groups is 1. The second-order valence-electron chi connectivity index (χ2n) is 6.88. The highest BCUT2D eigenvalue weighted by molar-refractivity contribution is 6.40. The van der Waals surface area contributed by atoms with Crippen LogP contribution in [0.3, 0.4) is 0 Å². The van der Waals surface area contributed by atoms with E-state index in [9.17, 15) is 22.4 Å². The molecule has 11 heteroatoms. The third kappa shape index (κ3) is 4.50. The molecule has 3 rings (SSSR count). The fourth-order valence-electron chi connectivity index (χ4n) is 3.37. The van der Waals surface area contributed by atoms with Crippen molar-refractivity contribution >= 4 is 40.7 Å². The summed E-state index contributed by atoms with van der Waals surface area (Å²) in [6, 6.07) is 1.97. The molecule has 164 valence electrons. The van der Waals surface area contributed by atoms with E-state index < -0.39 is 27.9 Å². The first kappa shape index (κ1) is 23.0. The Kier molecular flexibility index (Phi) is 6.79. The van der Waals surface area contributed by atoms with Crippen molar-refractivity contribution in [1.82, 2.24) is 9.47 Å². The lowest BCUT2D eigenvalue weighted by molar-refractivity contribution is -0.143. The molecule has 1 aromatic carbocycles. The number of amides is 1. The van der Waals surface area contributed by atoms with Crippen LogP contribution in [0, 0.1) is 5.82 Å². The quantitative estimate of drug-likeness (QED) is 0.481. The number of rotatable bonds is 4. The average molecular weight is 488 g/mol. The molecule has 1 aromatic heterocycles. The molecular weight excluding hydrogens is 471 g/mol. The molecule has 0 atom stereocenters. The molecule has 1 amide bonds. The number of hydrogen-bond acceptors (Lipinski definition) is 2. The number of halogens is 7. The predicted octanol–water partition coefficient (Wildman–Crippen LogP) is 6.20. The summed E-state index contributed by atoms with van der Waals surface area (Å²) in [5, 5.41) is -1.28. The van der Waals surface area contributed by atoms with Crippen LogP contribution in [0.2, 0.25) is 15.2 Å². The molecule has 0 N–H and O–H groups in total. The van der Waals surface area contributed by atoms with Gasteiger partial charge in [-0.25, -0.2) is 4.39 Å². The largest absolute Gasteiger partial charge is 0.482 e. The maximum absolute atomic E-state index is 14.6. The molecule has 0 radical (unpaired) electrons. The van der Waals surface area contributed by atoms with Crippen molar-refractivity contribution in [2.24, 2.45) is 7.05 Å². The third-order valence-corrected chi connectivity index (χ3v) is 5.99. The van der Waals surface area contributed by atoms with E-state index in [1.54, 1.807) is 4.90 Å². The van der Waals surface area contributed by atoms with Crippen LogP contribution in [-0.4, -0.2) is 35.1 Å². The Morgan fingerprint density at radius 2 is 1.77 bits per heavy atom. The maximum Gasteiger partial charge on any atom is 0.432 e. The van der Waals surface area contributed by atoms with Crippen molar-refractivity contribution in [2.45, 2.75) is 25.4 Å². The topological polar surface area (TPSA) is 34.5 Å². The number of benzene rings is 1. The van der Waals surface area contributed by atoms with Gasteiger partial charge in [-0.2, -0.15) is 13.2 Å². The van der Waals surface area contributed by atoms with Gasteiger partial charge in [-0.05, 0) is 31.4 Å². The molecule has 0 bridgehead atoms. The van der Waals surface area contributed by atoms with E-state index >= 15 is 0 Å². The van der Waals surface area contributed by atoms with Crippen LogP contribution >= 0.6 is 34.8 Å². The molecule has 0 unspecified atom stereocenters. The highest BCUT2D eigenvalue weighted by Crippen LogP contribution is 2.47. The van der Waals surface area contributed by atoms with E-state index in [1.807, 2.05) is 0 Å². The summed E-state index contributed by atoms with van der Waals surface area (Å²) in [7, 11) is 1.07. The Hall–Kier alpha value is -1.64. The van der Waals surface area contributed by atoms with Gasteiger partial charge in [-0.15, -0.1) is 0 Å². The molecule has 2 aromatic rings. The van der Waals surface area contributed by atoms with Crippen molar-refractivity contribution in [3.63, 3.8) is 0 Å². The number of likely N-dealkylation sites (tertiary alicyclic amines) is 1. The van der Waals surface area contributed by atoms with Gasteiger partial charge in [0, 0.05) is 31.3 Å². The van der Waals surface area contributed by atoms with E-state index in [0.717, 1.165) is 38.4 Å². The number of ether oxygens (including phenoxy) is 1. The molecule has 2 heterocycles. The number of aromatic nitrogens is 1. The number of piperidine rings is 1. The van der Waals surface area contributed by atoms with Crippen LogP contribution < -0.4 is 4.74 Å². The predicted molar refractivity (Wildman–Crippen MR) is 107 cm³/mol. The molecule has 1 fully saturated rings. The standard InChI is InChI=1S/C19H17Cl3F4N2O2/c1-27-17(19(24,25)26)16(21)15(18(27)22)10-7-13(11(20)8-12(10)23)30-9-14(29)28-5-3-2-4-6-28/h7-8H,2-6,9H2,1H3. The maximum atomic E-state index is 14.6. The first-order valence-electron chi connectivity index (χ1n) is 9.03. The number of carbonyl (C=O) groups excluding carboxylic acids is 1. The van der Waals surface area contributed by atoms with Crippen molar-refractivity contribution < 1.29 is 27.1 Å². The summed E-state index contributed by atoms with van der Waals surface area (Å²) in [6.45, 7) is 0.912. The Labute approximate surface area is 185 Å². The fourth-order valence-corrected chi connectivity index (χ4v) is 4.33. The molecule has 0 saturated carbocycles. The summed E-state index contributed by atoms with van der Waals surface area (Å²) in [5.41, 5.74) is -1.86. The zero-order valence-corrected chi connectivity index (χ0v) is 18.0. The van der Waals surface area contributed by atoms with Crippen molar-refractivity contribution in [1.29, 1.82) is 0 Å². The molecular formula is C19H17Cl3F4N2O2. The van der Waals surface area contributed by atoms with E-state index in [-0.39, 0.29) is 34.4 Å². The van der Waals surface area contributed by atoms with Crippen molar-refractivity contribution in [3.05, 3.63) is 38.8 Å². The molecule has 0 aliphatic carbocycles. The highest BCUT2D eigenvalue weighted by atomic mass is 35.5. The average Bonchev–Trinajstić information content (AvgIpc) is 2.90. The van der Waals surface area contributed by atoms with Crippen molar-refractivity contribution in [2.75, 3.05) is 19.7 Å². The Bertz CT molecular complexity index is 970. The van der Waals surface area contributed by atoms with Gasteiger partial charge in [0.05, 0.1) is 10.0 Å². The zero-order chi connectivity index (χ0) is 22.2. The third-order valence-electron chi connectivity index (χ3n) is 4.88. The van der Waals surface area contributed by atoms with Gasteiger partial charge in [0.1, 0.15) is 22.4 Å². The van der Waals surface area contributed by atoms with Crippen LogP contribution in [0.5, 0.6) is 5.75 Å². The first-order chi connectivity index (χ1) is 14.0. The molecule has 30 heavy (non-hydrogen) atoms. The summed E-state index contributed by atoms with van der Waals surface area (Å²) in [6.07, 6.45) is -1.94. The SMILES string of the molecule is Cn1c(Cl)c(-c2cc(OCC(=O)N3CCCCC3)c(Cl)cc2F)c(Cl)c1C(F)(F)F. The van der Waals surface area contributed by atoms with Gasteiger partial charge in [-0.3, -0.25) is 4.79 Å². The zero-order valence-electron chi connectivity index (χ0n) is 15.8. The van der Waals surface area contributed by atoms with E-state index in [0.29, 0.717) is 17.7 Å². The molecule has 0 spiro atoms. The van der Waals surface area contributed by atoms with Crippen molar-refractivity contribution in [3.8, 4) is 16.9 Å². The van der Waals surface area contributed by atoms with Gasteiger partial charge < -0.3 is 14.2 Å². The number of nitrogens with zero attached hydrogens (tertiary/aromatic N) is 2. The lowest BCUT2D eigenvalue weighted by Gasteiger charge is -2.26. The minimum absolute atomic E-state index is 0.0667. The van der Waals surface area contributed by atoms with Crippen LogP contribution in [0.25, 0.3) is 11.1 Å². The normalized spacial score (nSPS) is 14.9. The van der Waals surface area contributed by atoms with Crippen LogP contribution in [0.15, 0.2) is 12.1 Å². The first-order valence-corrected chi connectivity index (χ1v) is 10.2. The van der Waals surface area contributed by atoms with E-state index in [2.05, 4.69) is 0 Å². The van der Waals surface area contributed by atoms with Gasteiger partial charge in [-0.1, -0.05) is 34.8 Å². The molecule has 1 aliphatic heterocycles. The summed E-state index contributed by atoms with van der Waals surface area (Å²) in [4.78, 5) is 13.9. The monoisotopic (exact) mass is 486 g/mol. The van der Waals surface area contributed by atoms with Crippen LogP contribution in [0.1, 0.15) is 25.0 Å². The number of alkyl halides is 3. The van der Waals surface area contributed by atoms with Crippen LogP contribution in [-0.2, 0) is 18.0 Å². The summed E-state index contributed by atoms with van der Waals surface area (Å²) in [5.74, 6) is -1.26. The lowest BCUT2D eigenvalue weighted by atomic mass is 10.1. The van der Waals surface area contributed by atoms with Gasteiger partial charge in [0.25, 0.3) is 5.91 Å². The van der Waals surface area contributed by atoms with Gasteiger partial charge >= 0.3 is 6.18 Å². The fraction of sp³-hybridized carbons (Fsp3) is 0.421. The molecule has 1 aliphatic rings. The second kappa shape index (κ2) is 8.85. The second-order valence-corrected chi connectivity index (χ2v) is 8.02. The minimum atomic E-state index is -4.79. The van der Waals surface area contributed by atoms with E-state index in [4.69, 9.17) is 39.5 Å². The smallest absolute Gasteiger partial charge is 0.432 e. The molecule has 1 saturated heterocycles. The van der Waals surface area contributed by atoms with Gasteiger partial charge in [0.15, 0.2) is 6.61 Å². The summed E-state index contributed by atoms with van der Waals surface area (Å²) >= 11 is 18.0. The number of hydrogen-bond donors (Lipinski definition) is 0. The highest BCUT2D eigenvalue weighted by Gasteiger charge is 2.40. The lowest BCUT2D eigenvalue weighted by Crippen LogP contribution is -2.38. The molecule has 4 nitrogen and oxygen atoms in total. The van der Waals surface area contributed by atoms with Crippen LogP contribution in [0.4, 0.5) is 17.6 Å².